The second-order valence-electron chi connectivity index (χ2n) is 3.53. The Balaban J connectivity index is 2.46. The predicted octanol–water partition coefficient (Wildman–Crippen LogP) is 1.82. The van der Waals surface area contributed by atoms with Gasteiger partial charge in [-0.1, -0.05) is 12.7 Å². The molecule has 0 unspecified atom stereocenters. The van der Waals surface area contributed by atoms with E-state index < -0.39 is 11.9 Å². The van der Waals surface area contributed by atoms with E-state index in [2.05, 4.69) is 6.58 Å². The third kappa shape index (κ3) is 4.97. The summed E-state index contributed by atoms with van der Waals surface area (Å²) in [5.41, 5.74) is 0. The molecular formula is C13H16O6. The van der Waals surface area contributed by atoms with E-state index in [9.17, 15) is 9.59 Å². The van der Waals surface area contributed by atoms with Gasteiger partial charge < -0.3 is 18.6 Å². The topological polar surface area (TPSA) is 75.0 Å². The molecule has 104 valence electrons. The molecule has 0 N–H and O–H groups in total. The van der Waals surface area contributed by atoms with Crippen LogP contribution in [0.3, 0.4) is 0 Å². The van der Waals surface area contributed by atoms with Gasteiger partial charge in [-0.15, -0.1) is 0 Å². The van der Waals surface area contributed by atoms with Crippen molar-refractivity contribution in [1.29, 1.82) is 0 Å². The average molecular weight is 268 g/mol. The quantitative estimate of drug-likeness (QED) is 0.406. The fourth-order valence-electron chi connectivity index (χ4n) is 1.20. The van der Waals surface area contributed by atoms with Gasteiger partial charge in [0.2, 0.25) is 11.5 Å². The second-order valence-corrected chi connectivity index (χ2v) is 3.53. The minimum Gasteiger partial charge on any atom is -0.460 e. The summed E-state index contributed by atoms with van der Waals surface area (Å²) in [5.74, 6) is -1.37. The standard InChI is InChI=1S/C13H16O6/c1-3-7-17-12(14)10-5-6-11(19-10)13(15)18-9-4-8-16-2/h3,5-6H,1,4,7-9H2,2H3. The van der Waals surface area contributed by atoms with Crippen LogP contribution in [0.4, 0.5) is 0 Å². The van der Waals surface area contributed by atoms with Gasteiger partial charge in [0.1, 0.15) is 6.61 Å². The third-order valence-corrected chi connectivity index (χ3v) is 2.07. The van der Waals surface area contributed by atoms with E-state index in [4.69, 9.17) is 18.6 Å². The van der Waals surface area contributed by atoms with Gasteiger partial charge in [-0.3, -0.25) is 0 Å². The lowest BCUT2D eigenvalue weighted by atomic mass is 10.4. The minimum atomic E-state index is -0.654. The van der Waals surface area contributed by atoms with E-state index in [1.807, 2.05) is 0 Å². The summed E-state index contributed by atoms with van der Waals surface area (Å²) in [6.07, 6.45) is 2.03. The van der Waals surface area contributed by atoms with E-state index in [0.717, 1.165) is 0 Å². The van der Waals surface area contributed by atoms with Crippen molar-refractivity contribution in [1.82, 2.24) is 0 Å². The van der Waals surface area contributed by atoms with Gasteiger partial charge in [0.15, 0.2) is 0 Å². The van der Waals surface area contributed by atoms with Crippen molar-refractivity contribution in [3.8, 4) is 0 Å². The zero-order valence-electron chi connectivity index (χ0n) is 10.7. The largest absolute Gasteiger partial charge is 0.460 e. The first-order chi connectivity index (χ1) is 9.19. The SMILES string of the molecule is C=CCOC(=O)c1ccc(C(=O)OCCCOC)o1. The Hall–Kier alpha value is -2.08. The van der Waals surface area contributed by atoms with Crippen LogP contribution in [0.1, 0.15) is 27.5 Å². The Kier molecular flexibility index (Phi) is 6.38. The number of ether oxygens (including phenoxy) is 3. The smallest absolute Gasteiger partial charge is 0.374 e. The second kappa shape index (κ2) is 8.10. The lowest BCUT2D eigenvalue weighted by molar-refractivity contribution is 0.0421. The molecular weight excluding hydrogens is 252 g/mol. The average Bonchev–Trinajstić information content (AvgIpc) is 2.90. The van der Waals surface area contributed by atoms with E-state index in [1.54, 1.807) is 7.11 Å². The molecule has 1 rings (SSSR count). The van der Waals surface area contributed by atoms with Crippen LogP contribution in [0.25, 0.3) is 0 Å². The number of rotatable bonds is 8. The van der Waals surface area contributed by atoms with Gasteiger partial charge in [-0.2, -0.15) is 0 Å². The summed E-state index contributed by atoms with van der Waals surface area (Å²) in [6, 6.07) is 2.72. The van der Waals surface area contributed by atoms with Gasteiger partial charge in [-0.25, -0.2) is 9.59 Å². The lowest BCUT2D eigenvalue weighted by Gasteiger charge is -2.02. The van der Waals surface area contributed by atoms with Crippen LogP contribution in [0.5, 0.6) is 0 Å². The van der Waals surface area contributed by atoms with Crippen molar-refractivity contribution in [2.75, 3.05) is 26.9 Å². The lowest BCUT2D eigenvalue weighted by Crippen LogP contribution is -2.07. The van der Waals surface area contributed by atoms with Crippen molar-refractivity contribution < 1.29 is 28.2 Å². The summed E-state index contributed by atoms with van der Waals surface area (Å²) in [6.45, 7) is 4.23. The number of furan rings is 1. The van der Waals surface area contributed by atoms with E-state index >= 15 is 0 Å². The molecule has 19 heavy (non-hydrogen) atoms. The first-order valence-corrected chi connectivity index (χ1v) is 5.73. The van der Waals surface area contributed by atoms with Crippen molar-refractivity contribution in [2.24, 2.45) is 0 Å². The molecule has 1 heterocycles. The first kappa shape index (κ1) is 15.0. The maximum absolute atomic E-state index is 11.5. The molecule has 1 aromatic heterocycles. The molecule has 0 spiro atoms. The Bertz CT molecular complexity index is 434. The molecule has 0 saturated carbocycles. The first-order valence-electron chi connectivity index (χ1n) is 5.73. The highest BCUT2D eigenvalue weighted by Gasteiger charge is 2.17. The number of esters is 2. The molecule has 0 atom stereocenters. The van der Waals surface area contributed by atoms with Crippen molar-refractivity contribution in [3.05, 3.63) is 36.3 Å². The van der Waals surface area contributed by atoms with Crippen molar-refractivity contribution in [2.45, 2.75) is 6.42 Å². The minimum absolute atomic E-state index is 0.0389. The van der Waals surface area contributed by atoms with Crippen LogP contribution in [-0.2, 0) is 14.2 Å². The van der Waals surface area contributed by atoms with E-state index in [0.29, 0.717) is 13.0 Å². The molecule has 0 amide bonds. The molecule has 0 aliphatic heterocycles. The Morgan fingerprint density at radius 3 is 2.42 bits per heavy atom. The maximum atomic E-state index is 11.5. The molecule has 0 aliphatic rings. The zero-order chi connectivity index (χ0) is 14.1. The van der Waals surface area contributed by atoms with Gasteiger partial charge in [0.05, 0.1) is 6.61 Å². The number of carbonyl (C=O) groups excluding carboxylic acids is 2. The molecule has 6 nitrogen and oxygen atoms in total. The number of carbonyl (C=O) groups is 2. The summed E-state index contributed by atoms with van der Waals surface area (Å²) in [4.78, 5) is 22.9. The monoisotopic (exact) mass is 268 g/mol. The van der Waals surface area contributed by atoms with Crippen LogP contribution in [0.2, 0.25) is 0 Å². The number of methoxy groups -OCH3 is 1. The third-order valence-electron chi connectivity index (χ3n) is 2.07. The fourth-order valence-corrected chi connectivity index (χ4v) is 1.20. The molecule has 0 aromatic carbocycles. The van der Waals surface area contributed by atoms with Crippen LogP contribution in [-0.4, -0.2) is 38.9 Å². The molecule has 0 fully saturated rings. The van der Waals surface area contributed by atoms with Crippen molar-refractivity contribution >= 4 is 11.9 Å². The summed E-state index contributed by atoms with van der Waals surface area (Å²) in [5, 5.41) is 0. The number of hydrogen-bond donors (Lipinski definition) is 0. The highest BCUT2D eigenvalue weighted by Crippen LogP contribution is 2.10. The van der Waals surface area contributed by atoms with Crippen LogP contribution < -0.4 is 0 Å². The summed E-state index contributed by atoms with van der Waals surface area (Å²) in [7, 11) is 1.56. The molecule has 6 heteroatoms. The summed E-state index contributed by atoms with van der Waals surface area (Å²) < 4.78 is 19.6. The van der Waals surface area contributed by atoms with Gasteiger partial charge in [-0.05, 0) is 12.1 Å². The highest BCUT2D eigenvalue weighted by molar-refractivity contribution is 5.90. The van der Waals surface area contributed by atoms with E-state index in [-0.39, 0.29) is 24.7 Å². The zero-order valence-corrected chi connectivity index (χ0v) is 10.7. The Labute approximate surface area is 110 Å². The Morgan fingerprint density at radius 1 is 1.21 bits per heavy atom. The van der Waals surface area contributed by atoms with Gasteiger partial charge in [0, 0.05) is 20.1 Å². The van der Waals surface area contributed by atoms with Crippen molar-refractivity contribution in [3.63, 3.8) is 0 Å². The predicted molar refractivity (Wildman–Crippen MR) is 66.0 cm³/mol. The van der Waals surface area contributed by atoms with Gasteiger partial charge >= 0.3 is 11.9 Å². The van der Waals surface area contributed by atoms with E-state index in [1.165, 1.54) is 18.2 Å². The van der Waals surface area contributed by atoms with Gasteiger partial charge in [0.25, 0.3) is 0 Å². The summed E-state index contributed by atoms with van der Waals surface area (Å²) >= 11 is 0. The van der Waals surface area contributed by atoms with Crippen LogP contribution in [0, 0.1) is 0 Å². The fraction of sp³-hybridized carbons (Fsp3) is 0.385. The van der Waals surface area contributed by atoms with Crippen LogP contribution in [0.15, 0.2) is 29.2 Å². The molecule has 0 radical (unpaired) electrons. The maximum Gasteiger partial charge on any atom is 0.374 e. The molecule has 0 bridgehead atoms. The molecule has 1 aromatic rings. The molecule has 0 saturated heterocycles. The molecule has 0 aliphatic carbocycles. The Morgan fingerprint density at radius 2 is 1.84 bits per heavy atom. The number of hydrogen-bond acceptors (Lipinski definition) is 6. The van der Waals surface area contributed by atoms with Crippen LogP contribution >= 0.6 is 0 Å². The normalized spacial score (nSPS) is 9.95. The highest BCUT2D eigenvalue weighted by atomic mass is 16.6.